The van der Waals surface area contributed by atoms with E-state index in [9.17, 15) is 14.4 Å². The minimum absolute atomic E-state index is 0.201. The molecule has 0 saturated carbocycles. The second-order valence-electron chi connectivity index (χ2n) is 10.4. The van der Waals surface area contributed by atoms with Gasteiger partial charge in [-0.25, -0.2) is 9.59 Å². The molecule has 186 valence electrons. The third-order valence-electron chi connectivity index (χ3n) is 5.10. The maximum atomic E-state index is 13.4. The van der Waals surface area contributed by atoms with Crippen molar-refractivity contribution in [2.75, 3.05) is 5.88 Å². The van der Waals surface area contributed by atoms with Gasteiger partial charge in [-0.15, -0.1) is 11.6 Å². The molecule has 1 aliphatic rings. The predicted molar refractivity (Wildman–Crippen MR) is 134 cm³/mol. The molecule has 2 atom stereocenters. The summed E-state index contributed by atoms with van der Waals surface area (Å²) >= 11 is 5.95. The summed E-state index contributed by atoms with van der Waals surface area (Å²) in [5, 5.41) is 3.00. The van der Waals surface area contributed by atoms with Gasteiger partial charge >= 0.3 is 11.9 Å². The first-order valence-electron chi connectivity index (χ1n) is 11.6. The number of carbonyl (C=O) groups is 3. The third-order valence-corrected chi connectivity index (χ3v) is 5.37. The fourth-order valence-corrected chi connectivity index (χ4v) is 3.81. The highest BCUT2D eigenvalue weighted by Crippen LogP contribution is 2.36. The van der Waals surface area contributed by atoms with Crippen molar-refractivity contribution in [1.82, 2.24) is 5.32 Å². The van der Waals surface area contributed by atoms with Gasteiger partial charge in [0.25, 0.3) is 5.91 Å². The van der Waals surface area contributed by atoms with Crippen LogP contribution in [0.15, 0.2) is 53.1 Å². The molecule has 1 aromatic carbocycles. The van der Waals surface area contributed by atoms with E-state index < -0.39 is 35.1 Å². The average molecular weight is 490 g/mol. The van der Waals surface area contributed by atoms with Crippen LogP contribution in [0.5, 0.6) is 0 Å². The third kappa shape index (κ3) is 7.73. The SMILES string of the molecule is C[C@@H]1C(C(=O)OC(C)(C)C)=C(C(=O)OC(C)(C)C)C(CCCCl)=C[C@@H]1NC(=O)c1ccccc1. The van der Waals surface area contributed by atoms with Gasteiger partial charge in [-0.05, 0) is 72.1 Å². The van der Waals surface area contributed by atoms with Crippen LogP contribution in [0.4, 0.5) is 0 Å². The molecule has 7 heteroatoms. The zero-order valence-corrected chi connectivity index (χ0v) is 21.9. The monoisotopic (exact) mass is 489 g/mol. The zero-order chi connectivity index (χ0) is 25.7. The molecule has 6 nitrogen and oxygen atoms in total. The van der Waals surface area contributed by atoms with Crippen molar-refractivity contribution >= 4 is 29.4 Å². The topological polar surface area (TPSA) is 81.7 Å². The highest BCUT2D eigenvalue weighted by Gasteiger charge is 2.39. The second kappa shape index (κ2) is 11.2. The van der Waals surface area contributed by atoms with E-state index in [1.165, 1.54) is 0 Å². The maximum absolute atomic E-state index is 13.4. The fraction of sp³-hybridized carbons (Fsp3) is 0.519. The summed E-state index contributed by atoms with van der Waals surface area (Å²) in [6.07, 6.45) is 2.88. The van der Waals surface area contributed by atoms with E-state index in [4.69, 9.17) is 21.1 Å². The van der Waals surface area contributed by atoms with Crippen LogP contribution in [0.25, 0.3) is 0 Å². The molecule has 0 fully saturated rings. The number of hydrogen-bond donors (Lipinski definition) is 1. The van der Waals surface area contributed by atoms with E-state index in [1.807, 2.05) is 12.1 Å². The smallest absolute Gasteiger partial charge is 0.339 e. The largest absolute Gasteiger partial charge is 0.457 e. The fourth-order valence-electron chi connectivity index (χ4n) is 3.67. The molecular formula is C27H36ClNO5. The predicted octanol–water partition coefficient (Wildman–Crippen LogP) is 5.36. The van der Waals surface area contributed by atoms with E-state index in [-0.39, 0.29) is 17.1 Å². The Balaban J connectivity index is 2.56. The van der Waals surface area contributed by atoms with Gasteiger partial charge < -0.3 is 14.8 Å². The summed E-state index contributed by atoms with van der Waals surface area (Å²) in [6, 6.07) is 8.32. The molecule has 0 aromatic heterocycles. The summed E-state index contributed by atoms with van der Waals surface area (Å²) in [7, 11) is 0. The molecule has 0 heterocycles. The second-order valence-corrected chi connectivity index (χ2v) is 10.8. The van der Waals surface area contributed by atoms with Crippen molar-refractivity contribution in [1.29, 1.82) is 0 Å². The number of carbonyl (C=O) groups excluding carboxylic acids is 3. The Labute approximate surface area is 207 Å². The minimum Gasteiger partial charge on any atom is -0.457 e. The van der Waals surface area contributed by atoms with Crippen LogP contribution in [-0.4, -0.2) is 41.0 Å². The van der Waals surface area contributed by atoms with Crippen LogP contribution in [0.1, 0.15) is 71.7 Å². The van der Waals surface area contributed by atoms with Crippen molar-refractivity contribution in [3.05, 3.63) is 58.7 Å². The van der Waals surface area contributed by atoms with Gasteiger partial charge in [0.2, 0.25) is 0 Å². The van der Waals surface area contributed by atoms with Crippen molar-refractivity contribution in [2.45, 2.75) is 78.6 Å². The van der Waals surface area contributed by atoms with Crippen LogP contribution in [0.2, 0.25) is 0 Å². The lowest BCUT2D eigenvalue weighted by molar-refractivity contribution is -0.154. The van der Waals surface area contributed by atoms with Crippen molar-refractivity contribution in [3.63, 3.8) is 0 Å². The van der Waals surface area contributed by atoms with Crippen LogP contribution in [0, 0.1) is 5.92 Å². The molecule has 0 unspecified atom stereocenters. The lowest BCUT2D eigenvalue weighted by Gasteiger charge is -2.34. The van der Waals surface area contributed by atoms with Gasteiger partial charge in [0.05, 0.1) is 17.2 Å². The first kappa shape index (κ1) is 27.6. The van der Waals surface area contributed by atoms with Gasteiger partial charge in [-0.3, -0.25) is 4.79 Å². The lowest BCUT2D eigenvalue weighted by atomic mass is 9.79. The Morgan fingerprint density at radius 3 is 2.03 bits per heavy atom. The summed E-state index contributed by atoms with van der Waals surface area (Å²) in [6.45, 7) is 12.4. The Bertz CT molecular complexity index is 967. The van der Waals surface area contributed by atoms with Gasteiger partial charge in [0.15, 0.2) is 0 Å². The van der Waals surface area contributed by atoms with Crippen LogP contribution in [0.3, 0.4) is 0 Å². The van der Waals surface area contributed by atoms with E-state index in [1.54, 1.807) is 72.7 Å². The molecule has 2 rings (SSSR count). The minimum atomic E-state index is -0.761. The summed E-state index contributed by atoms with van der Waals surface area (Å²) < 4.78 is 11.3. The molecule has 0 radical (unpaired) electrons. The molecule has 0 saturated heterocycles. The molecule has 0 spiro atoms. The van der Waals surface area contributed by atoms with E-state index in [0.29, 0.717) is 29.9 Å². The average Bonchev–Trinajstić information content (AvgIpc) is 2.71. The van der Waals surface area contributed by atoms with Crippen molar-refractivity contribution < 1.29 is 23.9 Å². The molecule has 1 amide bonds. The Kier molecular flexibility index (Phi) is 9.12. The lowest BCUT2D eigenvalue weighted by Crippen LogP contribution is -2.44. The highest BCUT2D eigenvalue weighted by molar-refractivity contribution is 6.17. The molecule has 34 heavy (non-hydrogen) atoms. The number of amides is 1. The standard InChI is InChI=1S/C27H36ClNO5/c1-17-20(29-23(30)18-12-9-8-10-13-18)16-19(14-11-15-28)22(25(32)34-27(5,6)7)21(17)24(31)33-26(2,3)4/h8-10,12-13,16-17,20H,11,14-15H2,1-7H3,(H,29,30)/t17-,20-/m0/s1. The Morgan fingerprint density at radius 1 is 0.941 bits per heavy atom. The quantitative estimate of drug-likeness (QED) is 0.412. The van der Waals surface area contributed by atoms with E-state index in [0.717, 1.165) is 0 Å². The Morgan fingerprint density at radius 2 is 1.50 bits per heavy atom. The number of hydrogen-bond acceptors (Lipinski definition) is 5. The molecule has 0 bridgehead atoms. The number of ether oxygens (including phenoxy) is 2. The first-order chi connectivity index (χ1) is 15.7. The normalized spacial score (nSPS) is 18.8. The molecule has 1 N–H and O–H groups in total. The van der Waals surface area contributed by atoms with E-state index >= 15 is 0 Å². The van der Waals surface area contributed by atoms with Crippen molar-refractivity contribution in [3.8, 4) is 0 Å². The summed E-state index contributed by atoms with van der Waals surface area (Å²) in [4.78, 5) is 39.6. The van der Waals surface area contributed by atoms with Crippen LogP contribution < -0.4 is 5.32 Å². The molecule has 1 aliphatic carbocycles. The van der Waals surface area contributed by atoms with Crippen LogP contribution in [-0.2, 0) is 19.1 Å². The first-order valence-corrected chi connectivity index (χ1v) is 12.1. The van der Waals surface area contributed by atoms with E-state index in [2.05, 4.69) is 5.32 Å². The summed E-state index contributed by atoms with van der Waals surface area (Å²) in [5.41, 5.74) is 0.0192. The number of rotatable bonds is 7. The molecular weight excluding hydrogens is 454 g/mol. The summed E-state index contributed by atoms with van der Waals surface area (Å²) in [5.74, 6) is -1.60. The molecule has 0 aliphatic heterocycles. The number of esters is 2. The number of alkyl halides is 1. The van der Waals surface area contributed by atoms with Crippen molar-refractivity contribution in [2.24, 2.45) is 5.92 Å². The highest BCUT2D eigenvalue weighted by atomic mass is 35.5. The van der Waals surface area contributed by atoms with Gasteiger partial charge in [-0.2, -0.15) is 0 Å². The van der Waals surface area contributed by atoms with Gasteiger partial charge in [-0.1, -0.05) is 31.2 Å². The van der Waals surface area contributed by atoms with Gasteiger partial charge in [0, 0.05) is 17.4 Å². The zero-order valence-electron chi connectivity index (χ0n) is 21.2. The van der Waals surface area contributed by atoms with Crippen LogP contribution >= 0.6 is 11.6 Å². The number of halogens is 1. The number of nitrogens with one attached hydrogen (secondary N) is 1. The Hall–Kier alpha value is -2.60. The maximum Gasteiger partial charge on any atom is 0.339 e. The number of benzene rings is 1. The van der Waals surface area contributed by atoms with Gasteiger partial charge in [0.1, 0.15) is 11.2 Å². The molecule has 1 aromatic rings.